The minimum atomic E-state index is -0.939. The summed E-state index contributed by atoms with van der Waals surface area (Å²) < 4.78 is 65.0. The summed E-state index contributed by atoms with van der Waals surface area (Å²) in [6, 6.07) is 11.9. The van der Waals surface area contributed by atoms with Gasteiger partial charge in [0.1, 0.15) is 17.5 Å². The average molecular weight is 1130 g/mol. The Morgan fingerprint density at radius 1 is 0.738 bits per heavy atom. The molecule has 5 heterocycles. The van der Waals surface area contributed by atoms with Gasteiger partial charge in [0.25, 0.3) is 5.69 Å². The van der Waals surface area contributed by atoms with Crippen molar-refractivity contribution >= 4 is 104 Å². The highest BCUT2D eigenvalue weighted by Crippen LogP contribution is 2.29. The van der Waals surface area contributed by atoms with E-state index in [9.17, 15) is 32.9 Å². The van der Waals surface area contributed by atoms with Crippen molar-refractivity contribution in [2.24, 2.45) is 4.99 Å². The third kappa shape index (κ3) is 12.0. The molecule has 0 fully saturated rings. The van der Waals surface area contributed by atoms with Crippen LogP contribution in [-0.2, 0) is 0 Å². The van der Waals surface area contributed by atoms with Crippen molar-refractivity contribution in [3.63, 3.8) is 0 Å². The summed E-state index contributed by atoms with van der Waals surface area (Å²) in [6.45, 7) is 0. The molecule has 0 aliphatic carbocycles. The van der Waals surface area contributed by atoms with Crippen molar-refractivity contribution in [3.8, 4) is 34.4 Å². The van der Waals surface area contributed by atoms with E-state index in [1.54, 1.807) is 12.5 Å². The number of nitrogens with one attached hydrogen (secondary N) is 1. The van der Waals surface area contributed by atoms with E-state index >= 15 is 0 Å². The van der Waals surface area contributed by atoms with Crippen molar-refractivity contribution in [1.29, 1.82) is 0 Å². The summed E-state index contributed by atoms with van der Waals surface area (Å²) in [5.74, 6) is -3.90. The second kappa shape index (κ2) is 23.7. The maximum absolute atomic E-state index is 13.3. The molecular formula is C32H21B2Br3F3N13O10S2-. The highest BCUT2D eigenvalue weighted by molar-refractivity contribution is 9.11. The van der Waals surface area contributed by atoms with E-state index in [4.69, 9.17) is 5.21 Å². The second-order valence-corrected chi connectivity index (χ2v) is 15.2. The molecule has 5 aromatic heterocycles. The van der Waals surface area contributed by atoms with Gasteiger partial charge in [0.2, 0.25) is 11.6 Å². The SMILES string of the molecule is C.CSc1nonc1-c1noc(=O)n1-c1ccc(F)c(Br)c1.CSc1nonc1C(=Nc1ccc(F)c(Br)c1)NO.O=c1onc(-c2nonc2[N+](=O)[O-])n1-c1ccc(F)c(Br)c1.[B][B-]. The first-order valence-electron chi connectivity index (χ1n) is 16.3. The minimum absolute atomic E-state index is 0. The van der Waals surface area contributed by atoms with Crippen LogP contribution >= 0.6 is 71.3 Å². The Bertz CT molecular complexity index is 3060. The van der Waals surface area contributed by atoms with E-state index in [0.717, 1.165) is 15.2 Å². The largest absolute Gasteiger partial charge is 0.693 e. The van der Waals surface area contributed by atoms with Crippen LogP contribution in [0.2, 0.25) is 0 Å². The van der Waals surface area contributed by atoms with Gasteiger partial charge in [-0.05, 0) is 146 Å². The highest BCUT2D eigenvalue weighted by Gasteiger charge is 2.30. The van der Waals surface area contributed by atoms with Crippen molar-refractivity contribution < 1.29 is 46.2 Å². The standard InChI is InChI=1S/C11H6BrFN4O3S.C10H3BrFN5O5.C10H8BrFN4O2S.CH4.B2/c1-21-10-8(14-20-16-10)9-15-19-11(18)17(9)5-2-3-7(13)6(12)4-5;11-5-3-4(1-2-6(5)12)16-8(14-21-10(16)18)7-9(17(19)20)15-22-13-7;1-19-10-8(15-18-16-10)9(14-17)13-5-2-3-7(12)6(11)4-5;;1-2/h2-4H,1H3;1-3H;2-4,17H,1H3,(H,13,14);1H4;/q;;;;-1. The molecule has 8 aromatic rings. The normalized spacial score (nSPS) is 10.7. The zero-order valence-corrected chi connectivity index (χ0v) is 37.8. The number of rotatable bonds is 9. The molecule has 0 saturated heterocycles. The van der Waals surface area contributed by atoms with Crippen LogP contribution in [0.5, 0.6) is 0 Å². The molecule has 2 N–H and O–H groups in total. The van der Waals surface area contributed by atoms with Gasteiger partial charge in [0.15, 0.2) is 32.4 Å². The van der Waals surface area contributed by atoms with E-state index in [1.165, 1.54) is 72.1 Å². The number of hydrogen-bond acceptors (Lipinski definition) is 21. The monoisotopic (exact) mass is 1130 g/mol. The molecule has 65 heavy (non-hydrogen) atoms. The molecule has 0 amide bonds. The van der Waals surface area contributed by atoms with Crippen molar-refractivity contribution in [2.75, 3.05) is 12.5 Å². The van der Waals surface area contributed by atoms with Crippen LogP contribution < -0.4 is 17.0 Å². The highest BCUT2D eigenvalue weighted by atomic mass is 79.9. The minimum Gasteiger partial charge on any atom is -0.693 e. The number of aliphatic imine (C=N–C) groups is 1. The molecule has 0 unspecified atom stereocenters. The predicted molar refractivity (Wildman–Crippen MR) is 234 cm³/mol. The van der Waals surface area contributed by atoms with Crippen molar-refractivity contribution in [2.45, 2.75) is 17.5 Å². The summed E-state index contributed by atoms with van der Waals surface area (Å²) in [5.41, 5.74) is 3.04. The quantitative estimate of drug-likeness (QED) is 0.0374. The number of benzene rings is 3. The molecule has 0 spiro atoms. The first kappa shape index (κ1) is 51.5. The zero-order valence-electron chi connectivity index (χ0n) is 31.4. The van der Waals surface area contributed by atoms with Gasteiger partial charge in [-0.1, -0.05) is 17.7 Å². The number of thioether (sulfide) groups is 2. The van der Waals surface area contributed by atoms with Crippen LogP contribution in [0.25, 0.3) is 34.4 Å². The smallest absolute Gasteiger partial charge is 0.446 e. The molecule has 23 nitrogen and oxygen atoms in total. The number of hydrogen-bond donors (Lipinski definition) is 2. The lowest BCUT2D eigenvalue weighted by molar-refractivity contribution is -0.390. The second-order valence-electron chi connectivity index (χ2n) is 11.0. The number of nitro groups is 1. The maximum Gasteiger partial charge on any atom is 0.446 e. The first-order valence-corrected chi connectivity index (χ1v) is 21.2. The topological polar surface area (TPSA) is 301 Å². The Morgan fingerprint density at radius 3 is 1.69 bits per heavy atom. The number of nitrogens with zero attached hydrogens (tertiary/aromatic N) is 12. The summed E-state index contributed by atoms with van der Waals surface area (Å²) >= 11 is 11.7. The third-order valence-electron chi connectivity index (χ3n) is 7.38. The van der Waals surface area contributed by atoms with Crippen LogP contribution in [-0.4, -0.2) is 94.3 Å². The van der Waals surface area contributed by atoms with Crippen LogP contribution in [0.4, 0.5) is 24.7 Å². The predicted octanol–water partition coefficient (Wildman–Crippen LogP) is 6.81. The lowest BCUT2D eigenvalue weighted by atomic mass is 9.81. The molecule has 0 bridgehead atoms. The molecular weight excluding hydrogens is 1110 g/mol. The van der Waals surface area contributed by atoms with Crippen molar-refractivity contribution in [1.82, 2.24) is 55.9 Å². The van der Waals surface area contributed by atoms with E-state index in [-0.39, 0.29) is 55.4 Å². The number of halogens is 6. The summed E-state index contributed by atoms with van der Waals surface area (Å²) in [7, 11) is 8.00. The Morgan fingerprint density at radius 2 is 1.20 bits per heavy atom. The Kier molecular flexibility index (Phi) is 18.8. The zero-order chi connectivity index (χ0) is 46.7. The Labute approximate surface area is 395 Å². The van der Waals surface area contributed by atoms with Crippen LogP contribution in [0.1, 0.15) is 13.1 Å². The van der Waals surface area contributed by atoms with Gasteiger partial charge in [-0.2, -0.15) is 0 Å². The Hall–Kier alpha value is -6.15. The molecule has 335 valence electrons. The molecule has 5 radical (unpaired) electrons. The van der Waals surface area contributed by atoms with Crippen molar-refractivity contribution in [3.05, 3.63) is 122 Å². The van der Waals surface area contributed by atoms with E-state index in [1.807, 2.05) is 5.48 Å². The molecule has 3 aromatic carbocycles. The molecule has 0 aliphatic rings. The van der Waals surface area contributed by atoms with Crippen LogP contribution in [0.3, 0.4) is 0 Å². The molecule has 33 heteroatoms. The van der Waals surface area contributed by atoms with Gasteiger partial charge in [-0.25, -0.2) is 46.1 Å². The number of hydroxylamine groups is 1. The molecule has 0 aliphatic heterocycles. The van der Waals surface area contributed by atoms with E-state index in [2.05, 4.69) is 132 Å². The van der Waals surface area contributed by atoms with Gasteiger partial charge >= 0.3 is 17.3 Å². The molecule has 8 rings (SSSR count). The third-order valence-corrected chi connectivity index (χ3v) is 10.5. The van der Waals surface area contributed by atoms with Gasteiger partial charge in [0, 0.05) is 0 Å². The Balaban J connectivity index is 0.000000208. The fourth-order valence-corrected chi connectivity index (χ4v) is 6.64. The number of amidine groups is 1. The average Bonchev–Trinajstić information content (AvgIpc) is 4.15. The first-order chi connectivity index (χ1) is 30.8. The number of aromatic nitrogens is 10. The van der Waals surface area contributed by atoms with Gasteiger partial charge in [0.05, 0.1) is 30.5 Å². The fourth-order valence-electron chi connectivity index (χ4n) is 4.67. The summed E-state index contributed by atoms with van der Waals surface area (Å²) in [4.78, 5) is 37.8. The van der Waals surface area contributed by atoms with E-state index < -0.39 is 45.4 Å². The van der Waals surface area contributed by atoms with Gasteiger partial charge in [-0.3, -0.25) is 19.7 Å². The van der Waals surface area contributed by atoms with Gasteiger partial charge in [-0.15, -0.1) is 28.2 Å². The lowest BCUT2D eigenvalue weighted by Gasteiger charge is -2.04. The maximum atomic E-state index is 13.3. The van der Waals surface area contributed by atoms with E-state index in [0.29, 0.717) is 21.4 Å². The fraction of sp³-hybridized carbons (Fsp3) is 0.0938. The van der Waals surface area contributed by atoms with Crippen LogP contribution in [0.15, 0.2) is 116 Å². The summed E-state index contributed by atoms with van der Waals surface area (Å²) in [6.07, 6.45) is 3.56. The molecule has 0 atom stereocenters. The van der Waals surface area contributed by atoms with Crippen LogP contribution in [0, 0.1) is 27.6 Å². The van der Waals surface area contributed by atoms with Gasteiger partial charge < -0.3 is 25.6 Å². The lowest BCUT2D eigenvalue weighted by Crippen LogP contribution is -2.21. The molecule has 0 saturated carbocycles. The summed E-state index contributed by atoms with van der Waals surface area (Å²) in [5, 5.41) is 49.2.